The van der Waals surface area contributed by atoms with E-state index < -0.39 is 243 Å². The summed E-state index contributed by atoms with van der Waals surface area (Å²) in [4.78, 5) is 180. The number of hydrogen-bond donors (Lipinski definition) is 13. The number of aliphatic hydroxyl groups excluding tert-OH is 1. The van der Waals surface area contributed by atoms with E-state index in [1.807, 2.05) is 0 Å². The topological polar surface area (TPSA) is 775 Å². The number of imidazole rings is 2. The molecule has 0 aromatic carbocycles. The highest BCUT2D eigenvalue weighted by Crippen LogP contribution is 2.58. The molecule has 6 saturated heterocycles. The molecule has 6 aliphatic heterocycles. The second-order valence-corrected chi connectivity index (χ2v) is 45.9. The van der Waals surface area contributed by atoms with Gasteiger partial charge in [0.25, 0.3) is 11.1 Å². The van der Waals surface area contributed by atoms with E-state index in [1.165, 1.54) is 96.6 Å². The van der Waals surface area contributed by atoms with Gasteiger partial charge in [-0.3, -0.25) is 69.6 Å². The normalized spacial score (nSPS) is 29.2. The number of rotatable bonds is 52. The number of anilines is 5. The largest absolute Gasteiger partial charge is 0.472 e. The van der Waals surface area contributed by atoms with Gasteiger partial charge in [-0.25, -0.2) is 43.7 Å². The third-order valence-corrected chi connectivity index (χ3v) is 30.8. The fourth-order valence-electron chi connectivity index (χ4n) is 16.5. The van der Waals surface area contributed by atoms with Crippen molar-refractivity contribution >= 4 is 133 Å². The molecule has 0 saturated carbocycles. The van der Waals surface area contributed by atoms with Crippen LogP contribution in [0, 0.1) is 27.7 Å². The molecule has 8 aromatic rings. The number of aromatic amines is 2. The monoisotopic (exact) mass is 2230 g/mol. The van der Waals surface area contributed by atoms with Crippen molar-refractivity contribution in [1.29, 1.82) is 0 Å². The van der Waals surface area contributed by atoms with E-state index >= 15 is 4.57 Å². The van der Waals surface area contributed by atoms with Crippen LogP contribution in [0.15, 0.2) is 72.5 Å². The smallest absolute Gasteiger partial charge is 0.387 e. The minimum Gasteiger partial charge on any atom is -0.387 e. The standard InChI is InChI=1S/C76H112N21O39P5S4/c1-11-39-40(22-46(126-39)92-26-38(5)65(99)91-76(92)104)132-138(107,142)123-29-43-50(55(117-18-13-112-7)71(130-43)97-34-85-48-64(97)89-72(81)90-66(48)100)133-137(105,106)121-28-42-51(56(118-19-14-113-8)68(128-42)94-24-36(3)60(78)87-74(94)102)134-140(109,144)125-31-45-53(58(120-21-16-115-10)70(131-45)96-33-84-47-62(80)82-32-83-63(47)96)136-141(110,145)124-30-44-52(57(119-20-15-114-9)69(129-44)95-25-37(4)61(79)88-75(95)103)135-139(108,143)122-27-41-49(98)54(116-17-12-111-6)67(127-41)93-23-35(2)59(77)86-73(93)101/h23-26,32-34,39-46,49-58,67-71,98H,11-22,27-31H2,1-10H3,(H,105,106)(H,107,142)(H,108,143)(H,109,144)(H,110,145)(H2,77,86,101)(H2,78,87,102)(H2,79,88,103)(H2,80,82,83)(H,91,99,104)(H3,81,89,90,100)/t39-,40?,41-,42-,43-,44-,45-,46-,49?,50?,51?,52?,53?,54+,55+,56+,57+,58+,67-,68-,69-,70-,71-,138?,139?,140?,141?/m1/s1. The Kier molecular flexibility index (Phi) is 38.3. The van der Waals surface area contributed by atoms with E-state index in [4.69, 9.17) is 197 Å². The van der Waals surface area contributed by atoms with Gasteiger partial charge in [0, 0.05) is 89.0 Å². The Hall–Kier alpha value is -7.23. The lowest BCUT2D eigenvalue weighted by Gasteiger charge is -2.31. The summed E-state index contributed by atoms with van der Waals surface area (Å²) in [6, 6.07) is 0. The van der Waals surface area contributed by atoms with Crippen molar-refractivity contribution in [3.05, 3.63) is 129 Å². The van der Waals surface area contributed by atoms with Gasteiger partial charge < -0.3 is 157 Å². The SMILES string of the molecule is CC[C@H]1O[C@@H](n2cc(C)c(=O)[nH]c2=O)CC1OP(O)(=S)OC[C@H]1O[C@@H](n2cnc3c(=O)[nH]c(N)nc32)[C@@H](OCCOC)C1OP(=O)(O)OC[C@H]1O[C@@H](n2cc(C)c(N)nc2=O)[C@@H](OCCOC)C1OP(O)(=S)OC[C@H]1O[C@@H](n2cnc3c(N)ncnc32)[C@@H](OCCOC)C1OP(O)(=S)OC[C@H]1O[C@@H](n2cc(C)c(N)nc2=O)[C@@H](OCCOC)C1OP(O)(=S)OC[C@H]1O[C@@H](n2cc(C)c(N)nc2=O)[C@@H](OCCOC)C1O. The maximum atomic E-state index is 15.3. The summed E-state index contributed by atoms with van der Waals surface area (Å²) in [6.07, 6.45) is -26.9. The Morgan fingerprint density at radius 2 is 0.752 bits per heavy atom. The minimum atomic E-state index is -5.79. The summed E-state index contributed by atoms with van der Waals surface area (Å²) in [6.45, 7) is -18.0. The van der Waals surface area contributed by atoms with Crippen LogP contribution in [0.5, 0.6) is 0 Å². The quantitative estimate of drug-likeness (QED) is 0.0146. The van der Waals surface area contributed by atoms with Crippen molar-refractivity contribution in [1.82, 2.24) is 77.2 Å². The number of phosphoric acid groups is 1. The molecule has 6 aliphatic rings. The molecular formula is C76H112N21O39P5S4. The van der Waals surface area contributed by atoms with E-state index in [1.54, 1.807) is 13.8 Å². The molecule has 8 aromatic heterocycles. The highest BCUT2D eigenvalue weighted by atomic mass is 32.5. The van der Waals surface area contributed by atoms with Gasteiger partial charge in [-0.2, -0.15) is 19.9 Å². The third kappa shape index (κ3) is 27.1. The van der Waals surface area contributed by atoms with Crippen LogP contribution in [-0.2, 0) is 173 Å². The van der Waals surface area contributed by atoms with Crippen molar-refractivity contribution in [3.63, 3.8) is 0 Å². The number of H-pyrrole nitrogens is 2. The molecular weight excluding hydrogens is 2110 g/mol. The maximum absolute atomic E-state index is 15.3. The highest BCUT2D eigenvalue weighted by Gasteiger charge is 2.58. The van der Waals surface area contributed by atoms with Gasteiger partial charge in [0.15, 0.2) is 53.8 Å². The molecule has 18 N–H and O–H groups in total. The number of methoxy groups -OCH3 is 5. The number of nitrogen functional groups attached to an aromatic ring is 5. The Bertz CT molecular complexity index is 6500. The summed E-state index contributed by atoms with van der Waals surface area (Å²) in [5, 5.41) is 11.8. The lowest BCUT2D eigenvalue weighted by molar-refractivity contribution is -0.0838. The molecule has 804 valence electrons. The van der Waals surface area contributed by atoms with Crippen LogP contribution in [0.2, 0.25) is 0 Å². The number of aromatic nitrogens is 16. The lowest BCUT2D eigenvalue weighted by Crippen LogP contribution is -2.41. The van der Waals surface area contributed by atoms with Crippen LogP contribution in [0.25, 0.3) is 22.3 Å². The molecule has 28 atom stereocenters. The molecule has 0 spiro atoms. The van der Waals surface area contributed by atoms with Crippen molar-refractivity contribution in [2.24, 2.45) is 0 Å². The first-order chi connectivity index (χ1) is 68.9. The zero-order chi connectivity index (χ0) is 105. The zero-order valence-electron chi connectivity index (χ0n) is 79.0. The molecule has 6 fully saturated rings. The number of fused-ring (bicyclic) bond motifs is 2. The van der Waals surface area contributed by atoms with Gasteiger partial charge in [0.05, 0.1) is 124 Å². The summed E-state index contributed by atoms with van der Waals surface area (Å²) in [5.74, 6) is -0.899. The Labute approximate surface area is 842 Å². The number of nitrogens with zero attached hydrogens (tertiary/aromatic N) is 14. The van der Waals surface area contributed by atoms with Crippen molar-refractivity contribution in [3.8, 4) is 0 Å². The fraction of sp³-hybridized carbons (Fsp3) is 0.658. The van der Waals surface area contributed by atoms with E-state index in [0.717, 1.165) is 30.9 Å². The van der Waals surface area contributed by atoms with E-state index in [0.29, 0.717) is 5.56 Å². The Morgan fingerprint density at radius 3 is 1.17 bits per heavy atom. The average molecular weight is 2230 g/mol. The van der Waals surface area contributed by atoms with Gasteiger partial charge in [-0.15, -0.1) is 0 Å². The van der Waals surface area contributed by atoms with Crippen molar-refractivity contribution in [2.45, 2.75) is 189 Å². The van der Waals surface area contributed by atoms with Crippen LogP contribution >= 0.6 is 34.7 Å². The number of hydrogen-bond acceptors (Lipinski definition) is 51. The van der Waals surface area contributed by atoms with Crippen LogP contribution in [0.1, 0.15) is 79.4 Å². The van der Waals surface area contributed by atoms with Gasteiger partial charge in [0.2, 0.25) is 5.95 Å². The molecule has 14 rings (SSSR count). The van der Waals surface area contributed by atoms with Crippen molar-refractivity contribution < 1.29 is 155 Å². The third-order valence-electron chi connectivity index (χ3n) is 23.5. The molecule has 0 amide bonds. The van der Waals surface area contributed by atoms with Gasteiger partial charge >= 0.3 is 57.5 Å². The minimum absolute atomic E-state index is 0.0384. The van der Waals surface area contributed by atoms with Crippen LogP contribution in [0.3, 0.4) is 0 Å². The zero-order valence-corrected chi connectivity index (χ0v) is 86.8. The number of aryl methyl sites for hydroxylation is 4. The number of aliphatic hydroxyl groups is 1. The fourth-order valence-corrected chi connectivity index (χ4v) is 23.2. The number of phosphoric ester groups is 1. The van der Waals surface area contributed by atoms with Crippen LogP contribution in [-0.4, -0.2) is 345 Å². The maximum Gasteiger partial charge on any atom is 0.472 e. The molecule has 0 bridgehead atoms. The van der Waals surface area contributed by atoms with E-state index in [-0.39, 0.29) is 147 Å². The predicted molar refractivity (Wildman–Crippen MR) is 514 cm³/mol. The average Bonchev–Trinajstić information content (AvgIpc) is 1.60. The Balaban J connectivity index is 0.760. The van der Waals surface area contributed by atoms with Gasteiger partial charge in [-0.05, 0) is 81.3 Å². The van der Waals surface area contributed by atoms with Gasteiger partial charge in [0.1, 0.15) is 127 Å². The lowest BCUT2D eigenvalue weighted by atomic mass is 10.1. The first-order valence-electron chi connectivity index (χ1n) is 44.3. The molecule has 60 nitrogen and oxygen atoms in total. The number of nitrogens with one attached hydrogen (secondary N) is 2. The summed E-state index contributed by atoms with van der Waals surface area (Å²) in [5.41, 5.74) is 26.2. The van der Waals surface area contributed by atoms with E-state index in [9.17, 15) is 58.3 Å². The van der Waals surface area contributed by atoms with Crippen LogP contribution < -0.4 is 62.5 Å². The Morgan fingerprint density at radius 1 is 0.393 bits per heavy atom. The number of nitrogens with two attached hydrogens (primary N) is 5. The van der Waals surface area contributed by atoms with Crippen molar-refractivity contribution in [2.75, 3.05) is 163 Å². The number of ether oxygens (including phenoxy) is 16. The molecule has 0 aliphatic carbocycles. The van der Waals surface area contributed by atoms with E-state index in [2.05, 4.69) is 49.8 Å². The second-order valence-electron chi connectivity index (χ2n) is 33.3. The molecule has 69 heteroatoms. The molecule has 145 heavy (non-hydrogen) atoms. The highest BCUT2D eigenvalue weighted by molar-refractivity contribution is 8.08. The van der Waals surface area contributed by atoms with Crippen LogP contribution in [0.4, 0.5) is 29.2 Å². The summed E-state index contributed by atoms with van der Waals surface area (Å²) >= 11 is 23.1. The molecule has 11 unspecified atom stereocenters. The predicted octanol–water partition coefficient (Wildman–Crippen LogP) is -1.89. The second kappa shape index (κ2) is 49.0. The first-order valence-corrected chi connectivity index (χ1v) is 56.2. The van der Waals surface area contributed by atoms with Gasteiger partial charge in [-0.1, -0.05) is 6.92 Å². The summed E-state index contributed by atoms with van der Waals surface area (Å²) < 4.78 is 181. The summed E-state index contributed by atoms with van der Waals surface area (Å²) in [7, 11) is 1.03. The molecule has 0 radical (unpaired) electrons. The molecule has 14 heterocycles. The first kappa shape index (κ1) is 113.